The summed E-state index contributed by atoms with van der Waals surface area (Å²) in [5, 5.41) is 0.965. The average Bonchev–Trinajstić information content (AvgIpc) is 3.00. The standard InChI is InChI=1S/C22H27NO6/c1-13-19-15(8-9-16(25-4)22(19)29-12-24-3)23(2)20(13)14-10-17(26-5)21(28-7)18(11-14)27-6/h8-11H,12H2,1-7H3. The summed E-state index contributed by atoms with van der Waals surface area (Å²) in [5.41, 5.74) is 4.00. The molecule has 0 aliphatic rings. The van der Waals surface area contributed by atoms with Crippen LogP contribution in [0.5, 0.6) is 28.7 Å². The van der Waals surface area contributed by atoms with Gasteiger partial charge in [-0.1, -0.05) is 0 Å². The van der Waals surface area contributed by atoms with Crippen LogP contribution in [0, 0.1) is 6.92 Å². The van der Waals surface area contributed by atoms with Crippen LogP contribution in [0.4, 0.5) is 0 Å². The maximum absolute atomic E-state index is 5.87. The van der Waals surface area contributed by atoms with Gasteiger partial charge in [-0.25, -0.2) is 0 Å². The fraction of sp³-hybridized carbons (Fsp3) is 0.364. The molecule has 1 heterocycles. The second-order valence-corrected chi connectivity index (χ2v) is 6.49. The maximum Gasteiger partial charge on any atom is 0.203 e. The number of nitrogens with zero attached hydrogens (tertiary/aromatic N) is 1. The normalized spacial score (nSPS) is 10.9. The number of aromatic nitrogens is 1. The molecule has 3 rings (SSSR count). The van der Waals surface area contributed by atoms with Gasteiger partial charge in [-0.15, -0.1) is 0 Å². The van der Waals surface area contributed by atoms with Gasteiger partial charge in [0.15, 0.2) is 29.8 Å². The number of hydrogen-bond donors (Lipinski definition) is 0. The lowest BCUT2D eigenvalue weighted by molar-refractivity contribution is 0.0503. The van der Waals surface area contributed by atoms with E-state index < -0.39 is 0 Å². The Balaban J connectivity index is 2.31. The van der Waals surface area contributed by atoms with Crippen LogP contribution in [-0.4, -0.2) is 46.9 Å². The number of hydrogen-bond acceptors (Lipinski definition) is 6. The monoisotopic (exact) mass is 401 g/mol. The summed E-state index contributed by atoms with van der Waals surface area (Å²) in [6.07, 6.45) is 0. The van der Waals surface area contributed by atoms with E-state index in [-0.39, 0.29) is 6.79 Å². The van der Waals surface area contributed by atoms with Crippen molar-refractivity contribution in [3.63, 3.8) is 0 Å². The Labute approximate surface area is 170 Å². The van der Waals surface area contributed by atoms with Crippen LogP contribution in [0.2, 0.25) is 0 Å². The van der Waals surface area contributed by atoms with Crippen LogP contribution in [0.15, 0.2) is 24.3 Å². The minimum Gasteiger partial charge on any atom is -0.493 e. The number of aryl methyl sites for hydroxylation is 2. The number of benzene rings is 2. The van der Waals surface area contributed by atoms with E-state index in [1.807, 2.05) is 31.3 Å². The molecular weight excluding hydrogens is 374 g/mol. The van der Waals surface area contributed by atoms with Crippen LogP contribution in [0.1, 0.15) is 5.56 Å². The molecular formula is C22H27NO6. The van der Waals surface area contributed by atoms with Crippen LogP contribution in [-0.2, 0) is 11.8 Å². The molecule has 0 radical (unpaired) electrons. The van der Waals surface area contributed by atoms with Gasteiger partial charge in [0.05, 0.1) is 39.6 Å². The van der Waals surface area contributed by atoms with Gasteiger partial charge in [-0.2, -0.15) is 0 Å². The Morgan fingerprint density at radius 1 is 0.793 bits per heavy atom. The topological polar surface area (TPSA) is 60.3 Å². The third-order valence-electron chi connectivity index (χ3n) is 5.01. The van der Waals surface area contributed by atoms with Crippen molar-refractivity contribution in [2.24, 2.45) is 7.05 Å². The number of methoxy groups -OCH3 is 5. The summed E-state index contributed by atoms with van der Waals surface area (Å²) in [5.74, 6) is 3.05. The molecule has 3 aromatic rings. The Morgan fingerprint density at radius 2 is 1.41 bits per heavy atom. The zero-order chi connectivity index (χ0) is 21.1. The molecule has 2 aromatic carbocycles. The number of rotatable bonds is 8. The quantitative estimate of drug-likeness (QED) is 0.528. The fourth-order valence-corrected chi connectivity index (χ4v) is 3.74. The first-order valence-corrected chi connectivity index (χ1v) is 9.10. The summed E-state index contributed by atoms with van der Waals surface area (Å²) in [6, 6.07) is 7.79. The third-order valence-corrected chi connectivity index (χ3v) is 5.01. The second-order valence-electron chi connectivity index (χ2n) is 6.49. The van der Waals surface area contributed by atoms with Crippen LogP contribution >= 0.6 is 0 Å². The van der Waals surface area contributed by atoms with Crippen molar-refractivity contribution in [1.29, 1.82) is 0 Å². The van der Waals surface area contributed by atoms with E-state index in [1.54, 1.807) is 35.5 Å². The van der Waals surface area contributed by atoms with Crippen molar-refractivity contribution in [1.82, 2.24) is 4.57 Å². The molecule has 156 valence electrons. The van der Waals surface area contributed by atoms with Crippen LogP contribution in [0.3, 0.4) is 0 Å². The molecule has 29 heavy (non-hydrogen) atoms. The van der Waals surface area contributed by atoms with Crippen molar-refractivity contribution in [2.75, 3.05) is 42.3 Å². The van der Waals surface area contributed by atoms with Gasteiger partial charge in [0.1, 0.15) is 0 Å². The summed E-state index contributed by atoms with van der Waals surface area (Å²) in [6.45, 7) is 2.18. The molecule has 0 unspecified atom stereocenters. The lowest BCUT2D eigenvalue weighted by Crippen LogP contribution is -2.01. The van der Waals surface area contributed by atoms with Crippen LogP contribution in [0.25, 0.3) is 22.2 Å². The van der Waals surface area contributed by atoms with Gasteiger partial charge in [-0.05, 0) is 36.8 Å². The van der Waals surface area contributed by atoms with Crippen molar-refractivity contribution < 1.29 is 28.4 Å². The molecule has 0 aliphatic heterocycles. The number of ether oxygens (including phenoxy) is 6. The molecule has 0 aliphatic carbocycles. The average molecular weight is 401 g/mol. The van der Waals surface area contributed by atoms with Gasteiger partial charge in [0.2, 0.25) is 5.75 Å². The molecule has 0 bridgehead atoms. The molecule has 0 spiro atoms. The first-order valence-electron chi connectivity index (χ1n) is 9.10. The second kappa shape index (κ2) is 8.53. The van der Waals surface area contributed by atoms with Crippen molar-refractivity contribution in [2.45, 2.75) is 6.92 Å². The highest BCUT2D eigenvalue weighted by Gasteiger charge is 2.22. The Bertz CT molecular complexity index is 999. The molecule has 0 saturated heterocycles. The lowest BCUT2D eigenvalue weighted by atomic mass is 10.0. The molecule has 7 nitrogen and oxygen atoms in total. The third kappa shape index (κ3) is 3.42. The van der Waals surface area contributed by atoms with Gasteiger partial charge < -0.3 is 33.0 Å². The van der Waals surface area contributed by atoms with Gasteiger partial charge >= 0.3 is 0 Å². The fourth-order valence-electron chi connectivity index (χ4n) is 3.74. The van der Waals surface area contributed by atoms with Gasteiger partial charge in [-0.3, -0.25) is 0 Å². The van der Waals surface area contributed by atoms with Crippen molar-refractivity contribution in [3.8, 4) is 40.0 Å². The predicted octanol–water partition coefficient (Wildman–Crippen LogP) is 4.17. The van der Waals surface area contributed by atoms with E-state index in [1.165, 1.54) is 0 Å². The maximum atomic E-state index is 5.87. The molecule has 0 fully saturated rings. The van der Waals surface area contributed by atoms with Crippen LogP contribution < -0.4 is 23.7 Å². The smallest absolute Gasteiger partial charge is 0.203 e. The zero-order valence-electron chi connectivity index (χ0n) is 17.9. The summed E-state index contributed by atoms with van der Waals surface area (Å²) in [7, 11) is 10.0. The SMILES string of the molecule is COCOc1c(OC)ccc2c1c(C)c(-c1cc(OC)c(OC)c(OC)c1)n2C. The van der Waals surface area contributed by atoms with Crippen molar-refractivity contribution in [3.05, 3.63) is 29.8 Å². The van der Waals surface area contributed by atoms with E-state index in [0.717, 1.165) is 27.7 Å². The van der Waals surface area contributed by atoms with Crippen molar-refractivity contribution >= 4 is 10.9 Å². The minimum absolute atomic E-state index is 0.128. The molecule has 0 N–H and O–H groups in total. The highest BCUT2D eigenvalue weighted by Crippen LogP contribution is 2.46. The summed E-state index contributed by atoms with van der Waals surface area (Å²) in [4.78, 5) is 0. The molecule has 1 aromatic heterocycles. The molecule has 0 amide bonds. The molecule has 0 atom stereocenters. The predicted molar refractivity (Wildman–Crippen MR) is 112 cm³/mol. The zero-order valence-corrected chi connectivity index (χ0v) is 17.9. The molecule has 0 saturated carbocycles. The highest BCUT2D eigenvalue weighted by atomic mass is 16.7. The Morgan fingerprint density at radius 3 is 1.93 bits per heavy atom. The van der Waals surface area contributed by atoms with E-state index in [0.29, 0.717) is 28.7 Å². The van der Waals surface area contributed by atoms with E-state index in [4.69, 9.17) is 28.4 Å². The van der Waals surface area contributed by atoms with E-state index in [9.17, 15) is 0 Å². The Hall–Kier alpha value is -3.06. The van der Waals surface area contributed by atoms with Gasteiger partial charge in [0.25, 0.3) is 0 Å². The van der Waals surface area contributed by atoms with Gasteiger partial charge in [0, 0.05) is 25.1 Å². The summed E-state index contributed by atoms with van der Waals surface area (Å²) < 4.78 is 35.1. The Kier molecular flexibility index (Phi) is 6.08. The van der Waals surface area contributed by atoms with E-state index >= 15 is 0 Å². The first kappa shape index (κ1) is 20.7. The minimum atomic E-state index is 0.128. The highest BCUT2D eigenvalue weighted by molar-refractivity contribution is 5.98. The first-order chi connectivity index (χ1) is 14.0. The molecule has 7 heteroatoms. The lowest BCUT2D eigenvalue weighted by Gasteiger charge is -2.15. The van der Waals surface area contributed by atoms with E-state index in [2.05, 4.69) is 11.5 Å². The largest absolute Gasteiger partial charge is 0.493 e. The summed E-state index contributed by atoms with van der Waals surface area (Å²) >= 11 is 0. The number of fused-ring (bicyclic) bond motifs is 1.